The highest BCUT2D eigenvalue weighted by molar-refractivity contribution is 9.10. The largest absolute Gasteiger partial charge is 0.306 e. The third-order valence-electron chi connectivity index (χ3n) is 2.69. The Morgan fingerprint density at radius 1 is 1.21 bits per heavy atom. The standard InChI is InChI=1S/C14H11Br2NO2/c1-9-5-12(16)7-17(14(9)19)8-13(18)10-3-2-4-11(15)6-10/h2-7H,8H2,1H3. The molecule has 0 N–H and O–H groups in total. The van der Waals surface area contributed by atoms with Crippen molar-refractivity contribution in [3.8, 4) is 0 Å². The lowest BCUT2D eigenvalue weighted by Crippen LogP contribution is -2.25. The van der Waals surface area contributed by atoms with Crippen molar-refractivity contribution in [2.75, 3.05) is 0 Å². The number of benzene rings is 1. The smallest absolute Gasteiger partial charge is 0.253 e. The lowest BCUT2D eigenvalue weighted by Gasteiger charge is -2.07. The first-order chi connectivity index (χ1) is 8.97. The van der Waals surface area contributed by atoms with Crippen LogP contribution in [-0.4, -0.2) is 10.4 Å². The van der Waals surface area contributed by atoms with Crippen LogP contribution in [0.2, 0.25) is 0 Å². The number of hydrogen-bond donors (Lipinski definition) is 0. The van der Waals surface area contributed by atoms with Crippen LogP contribution in [0.4, 0.5) is 0 Å². The van der Waals surface area contributed by atoms with Gasteiger partial charge >= 0.3 is 0 Å². The van der Waals surface area contributed by atoms with Crippen molar-refractivity contribution < 1.29 is 4.79 Å². The van der Waals surface area contributed by atoms with E-state index in [1.165, 1.54) is 4.57 Å². The highest BCUT2D eigenvalue weighted by Gasteiger charge is 2.09. The monoisotopic (exact) mass is 383 g/mol. The Labute approximate surface area is 127 Å². The average molecular weight is 385 g/mol. The fourth-order valence-corrected chi connectivity index (χ4v) is 2.76. The molecule has 0 saturated carbocycles. The van der Waals surface area contributed by atoms with Crippen molar-refractivity contribution in [1.82, 2.24) is 4.57 Å². The molecule has 0 unspecified atom stereocenters. The minimum Gasteiger partial charge on any atom is -0.306 e. The summed E-state index contributed by atoms with van der Waals surface area (Å²) in [5.41, 5.74) is 1.04. The molecule has 0 aliphatic carbocycles. The van der Waals surface area contributed by atoms with Crippen molar-refractivity contribution in [2.45, 2.75) is 13.5 Å². The molecule has 0 aliphatic rings. The Kier molecular flexibility index (Phi) is 4.37. The van der Waals surface area contributed by atoms with Crippen LogP contribution in [0.3, 0.4) is 0 Å². The molecule has 0 amide bonds. The van der Waals surface area contributed by atoms with E-state index in [0.717, 1.165) is 8.95 Å². The zero-order valence-corrected chi connectivity index (χ0v) is 13.4. The van der Waals surface area contributed by atoms with Gasteiger partial charge < -0.3 is 4.57 Å². The predicted molar refractivity (Wildman–Crippen MR) is 81.6 cm³/mol. The Balaban J connectivity index is 2.32. The Hall–Kier alpha value is -1.20. The lowest BCUT2D eigenvalue weighted by molar-refractivity contribution is 0.0970. The predicted octanol–water partition coefficient (Wildman–Crippen LogP) is 3.56. The summed E-state index contributed by atoms with van der Waals surface area (Å²) >= 11 is 6.65. The van der Waals surface area contributed by atoms with Gasteiger partial charge in [0.2, 0.25) is 0 Å². The number of ketones is 1. The van der Waals surface area contributed by atoms with Gasteiger partial charge in [-0.1, -0.05) is 28.1 Å². The number of pyridine rings is 1. The number of hydrogen-bond acceptors (Lipinski definition) is 2. The molecule has 0 radical (unpaired) electrons. The number of halogens is 2. The third kappa shape index (κ3) is 3.42. The maximum atomic E-state index is 12.1. The molecular formula is C14H11Br2NO2. The summed E-state index contributed by atoms with van der Waals surface area (Å²) in [6.45, 7) is 1.77. The van der Waals surface area contributed by atoms with Crippen molar-refractivity contribution in [2.24, 2.45) is 0 Å². The molecule has 0 spiro atoms. The van der Waals surface area contributed by atoms with Crippen LogP contribution in [-0.2, 0) is 6.54 Å². The summed E-state index contributed by atoms with van der Waals surface area (Å²) in [6, 6.07) is 8.88. The van der Waals surface area contributed by atoms with Gasteiger partial charge in [-0.3, -0.25) is 9.59 Å². The van der Waals surface area contributed by atoms with E-state index in [4.69, 9.17) is 0 Å². The van der Waals surface area contributed by atoms with E-state index in [0.29, 0.717) is 11.1 Å². The molecule has 1 aromatic heterocycles. The normalized spacial score (nSPS) is 10.5. The molecule has 0 saturated heterocycles. The summed E-state index contributed by atoms with van der Waals surface area (Å²) < 4.78 is 3.05. The zero-order chi connectivity index (χ0) is 14.0. The number of nitrogens with zero attached hydrogens (tertiary/aromatic N) is 1. The van der Waals surface area contributed by atoms with Gasteiger partial charge in [0.25, 0.3) is 5.56 Å². The highest BCUT2D eigenvalue weighted by atomic mass is 79.9. The first kappa shape index (κ1) is 14.2. The lowest BCUT2D eigenvalue weighted by atomic mass is 10.1. The van der Waals surface area contributed by atoms with Gasteiger partial charge in [-0.15, -0.1) is 0 Å². The molecule has 0 aliphatic heterocycles. The molecule has 5 heteroatoms. The van der Waals surface area contributed by atoms with Crippen LogP contribution in [0.25, 0.3) is 0 Å². The second kappa shape index (κ2) is 5.84. The van der Waals surface area contributed by atoms with Crippen molar-refractivity contribution in [3.05, 3.63) is 67.0 Å². The van der Waals surface area contributed by atoms with Crippen LogP contribution in [0.15, 0.2) is 50.3 Å². The van der Waals surface area contributed by atoms with Gasteiger partial charge in [-0.2, -0.15) is 0 Å². The van der Waals surface area contributed by atoms with Crippen LogP contribution >= 0.6 is 31.9 Å². The molecule has 0 atom stereocenters. The fraction of sp³-hybridized carbons (Fsp3) is 0.143. The highest BCUT2D eigenvalue weighted by Crippen LogP contribution is 2.13. The zero-order valence-electron chi connectivity index (χ0n) is 10.2. The third-order valence-corrected chi connectivity index (χ3v) is 3.62. The van der Waals surface area contributed by atoms with Gasteiger partial charge in [0.05, 0.1) is 6.54 Å². The molecule has 0 fully saturated rings. The Morgan fingerprint density at radius 3 is 2.63 bits per heavy atom. The van der Waals surface area contributed by atoms with Crippen LogP contribution in [0, 0.1) is 6.92 Å². The molecule has 2 rings (SSSR count). The summed E-state index contributed by atoms with van der Waals surface area (Å²) in [6.07, 6.45) is 1.63. The minimum atomic E-state index is -0.147. The van der Waals surface area contributed by atoms with Gasteiger partial charge in [-0.05, 0) is 41.1 Å². The number of carbonyl (C=O) groups is 1. The summed E-state index contributed by atoms with van der Waals surface area (Å²) in [5.74, 6) is -0.0964. The van der Waals surface area contributed by atoms with E-state index in [2.05, 4.69) is 31.9 Å². The molecule has 2 aromatic rings. The molecule has 98 valence electrons. The molecular weight excluding hydrogens is 374 g/mol. The van der Waals surface area contributed by atoms with Crippen molar-refractivity contribution in [1.29, 1.82) is 0 Å². The van der Waals surface area contributed by atoms with Crippen LogP contribution in [0.1, 0.15) is 15.9 Å². The first-order valence-electron chi connectivity index (χ1n) is 5.63. The second-order valence-corrected chi connectivity index (χ2v) is 6.04. The van der Waals surface area contributed by atoms with E-state index in [1.54, 1.807) is 37.4 Å². The maximum absolute atomic E-state index is 12.1. The number of aryl methyl sites for hydroxylation is 1. The van der Waals surface area contributed by atoms with Gasteiger partial charge in [0.1, 0.15) is 0 Å². The van der Waals surface area contributed by atoms with Gasteiger partial charge in [0.15, 0.2) is 5.78 Å². The number of carbonyl (C=O) groups excluding carboxylic acids is 1. The topological polar surface area (TPSA) is 39.1 Å². The van der Waals surface area contributed by atoms with Gasteiger partial charge in [0, 0.05) is 26.3 Å². The van der Waals surface area contributed by atoms with Gasteiger partial charge in [-0.25, -0.2) is 0 Å². The Morgan fingerprint density at radius 2 is 1.95 bits per heavy atom. The SMILES string of the molecule is Cc1cc(Br)cn(CC(=O)c2cccc(Br)c2)c1=O. The molecule has 19 heavy (non-hydrogen) atoms. The average Bonchev–Trinajstić information content (AvgIpc) is 2.35. The van der Waals surface area contributed by atoms with Crippen molar-refractivity contribution >= 4 is 37.6 Å². The summed E-state index contributed by atoms with van der Waals surface area (Å²) in [7, 11) is 0. The summed E-state index contributed by atoms with van der Waals surface area (Å²) in [4.78, 5) is 24.1. The van der Waals surface area contributed by atoms with E-state index in [9.17, 15) is 9.59 Å². The molecule has 1 aromatic carbocycles. The van der Waals surface area contributed by atoms with E-state index >= 15 is 0 Å². The van der Waals surface area contributed by atoms with E-state index in [1.807, 2.05) is 6.07 Å². The van der Waals surface area contributed by atoms with E-state index < -0.39 is 0 Å². The quantitative estimate of drug-likeness (QED) is 0.759. The number of Topliss-reactive ketones (excluding diaryl/α,β-unsaturated/α-hetero) is 1. The fourth-order valence-electron chi connectivity index (χ4n) is 1.77. The van der Waals surface area contributed by atoms with Crippen LogP contribution in [0.5, 0.6) is 0 Å². The first-order valence-corrected chi connectivity index (χ1v) is 7.21. The van der Waals surface area contributed by atoms with E-state index in [-0.39, 0.29) is 17.9 Å². The molecule has 1 heterocycles. The van der Waals surface area contributed by atoms with Crippen LogP contribution < -0.4 is 5.56 Å². The summed E-state index contributed by atoms with van der Waals surface area (Å²) in [5, 5.41) is 0. The maximum Gasteiger partial charge on any atom is 0.253 e. The second-order valence-electron chi connectivity index (χ2n) is 4.21. The number of aromatic nitrogens is 1. The van der Waals surface area contributed by atoms with Crippen molar-refractivity contribution in [3.63, 3.8) is 0 Å². The molecule has 0 bridgehead atoms. The number of rotatable bonds is 3. The molecule has 3 nitrogen and oxygen atoms in total. The minimum absolute atomic E-state index is 0.0373. The Bertz CT molecular complexity index is 692.